The minimum Gasteiger partial charge on any atom is -0.368 e. The van der Waals surface area contributed by atoms with Crippen molar-refractivity contribution in [2.24, 2.45) is 0 Å². The Morgan fingerprint density at radius 2 is 2.07 bits per heavy atom. The molecule has 0 saturated carbocycles. The maximum atomic E-state index is 12.0. The van der Waals surface area contributed by atoms with E-state index in [1.54, 1.807) is 11.8 Å². The molecule has 0 aliphatic carbocycles. The molecule has 2 atom stereocenters. The van der Waals surface area contributed by atoms with Gasteiger partial charge in [0.1, 0.15) is 6.10 Å². The van der Waals surface area contributed by atoms with Crippen molar-refractivity contribution in [1.82, 2.24) is 4.90 Å². The first-order valence-corrected chi connectivity index (χ1v) is 5.62. The molecule has 2 rings (SSSR count). The van der Waals surface area contributed by atoms with Crippen molar-refractivity contribution < 1.29 is 14.3 Å². The predicted molar refractivity (Wildman–Crippen MR) is 54.4 cm³/mol. The van der Waals surface area contributed by atoms with E-state index in [1.165, 1.54) is 0 Å². The lowest BCUT2D eigenvalue weighted by Crippen LogP contribution is -2.44. The SMILES string of the molecule is CC(=O)[C@@H]1CCCN1C(=O)[C@H]1CCCO1. The molecule has 0 aromatic carbocycles. The van der Waals surface area contributed by atoms with E-state index in [1.807, 2.05) is 0 Å². The molecule has 2 saturated heterocycles. The van der Waals surface area contributed by atoms with E-state index in [0.717, 1.165) is 25.7 Å². The van der Waals surface area contributed by atoms with E-state index >= 15 is 0 Å². The Hall–Kier alpha value is -0.900. The third-order valence-electron chi connectivity index (χ3n) is 3.21. The van der Waals surface area contributed by atoms with Gasteiger partial charge in [-0.25, -0.2) is 0 Å². The molecule has 0 unspecified atom stereocenters. The highest BCUT2D eigenvalue weighted by Gasteiger charge is 2.36. The monoisotopic (exact) mass is 211 g/mol. The highest BCUT2D eigenvalue weighted by molar-refractivity contribution is 5.89. The average Bonchev–Trinajstić information content (AvgIpc) is 2.88. The summed E-state index contributed by atoms with van der Waals surface area (Å²) >= 11 is 0. The Labute approximate surface area is 89.6 Å². The van der Waals surface area contributed by atoms with Crippen LogP contribution in [0.2, 0.25) is 0 Å². The molecule has 2 fully saturated rings. The predicted octanol–water partition coefficient (Wildman–Crippen LogP) is 0.745. The Kier molecular flexibility index (Phi) is 3.05. The maximum Gasteiger partial charge on any atom is 0.252 e. The van der Waals surface area contributed by atoms with E-state index in [2.05, 4.69) is 0 Å². The minimum atomic E-state index is -0.287. The topological polar surface area (TPSA) is 46.6 Å². The summed E-state index contributed by atoms with van der Waals surface area (Å²) < 4.78 is 5.35. The van der Waals surface area contributed by atoms with Crippen LogP contribution < -0.4 is 0 Å². The fourth-order valence-corrected chi connectivity index (χ4v) is 2.41. The number of carbonyl (C=O) groups excluding carboxylic acids is 2. The summed E-state index contributed by atoms with van der Waals surface area (Å²) in [4.78, 5) is 25.1. The smallest absolute Gasteiger partial charge is 0.252 e. The first-order chi connectivity index (χ1) is 7.20. The Morgan fingerprint density at radius 1 is 1.27 bits per heavy atom. The van der Waals surface area contributed by atoms with Gasteiger partial charge in [0.15, 0.2) is 5.78 Å². The molecular formula is C11H17NO3. The number of rotatable bonds is 2. The highest BCUT2D eigenvalue weighted by Crippen LogP contribution is 2.22. The number of hydrogen-bond acceptors (Lipinski definition) is 3. The van der Waals surface area contributed by atoms with E-state index in [0.29, 0.717) is 13.2 Å². The Balaban J connectivity index is 2.02. The summed E-state index contributed by atoms with van der Waals surface area (Å²) in [6.07, 6.45) is 3.22. The number of hydrogen-bond donors (Lipinski definition) is 0. The maximum absolute atomic E-state index is 12.0. The average molecular weight is 211 g/mol. The number of Topliss-reactive ketones (excluding diaryl/α,β-unsaturated/α-hetero) is 1. The van der Waals surface area contributed by atoms with Crippen molar-refractivity contribution in [3.05, 3.63) is 0 Å². The van der Waals surface area contributed by atoms with E-state index in [9.17, 15) is 9.59 Å². The van der Waals surface area contributed by atoms with Gasteiger partial charge in [-0.1, -0.05) is 0 Å². The van der Waals surface area contributed by atoms with Crippen molar-refractivity contribution in [1.29, 1.82) is 0 Å². The standard InChI is InChI=1S/C11H17NO3/c1-8(13)9-4-2-6-12(9)11(14)10-5-3-7-15-10/h9-10H,2-7H2,1H3/t9-,10+/m0/s1. The second-order valence-corrected chi connectivity index (χ2v) is 4.30. The van der Waals surface area contributed by atoms with Crippen LogP contribution in [0.25, 0.3) is 0 Å². The van der Waals surface area contributed by atoms with Crippen LogP contribution in [-0.2, 0) is 14.3 Å². The lowest BCUT2D eigenvalue weighted by Gasteiger charge is -2.25. The van der Waals surface area contributed by atoms with Crippen molar-refractivity contribution in [2.45, 2.75) is 44.8 Å². The molecule has 15 heavy (non-hydrogen) atoms. The molecule has 1 amide bonds. The summed E-state index contributed by atoms with van der Waals surface area (Å²) in [6.45, 7) is 2.95. The fraction of sp³-hybridized carbons (Fsp3) is 0.818. The zero-order valence-electron chi connectivity index (χ0n) is 9.07. The van der Waals surface area contributed by atoms with Gasteiger partial charge in [-0.3, -0.25) is 9.59 Å². The van der Waals surface area contributed by atoms with Gasteiger partial charge in [0.25, 0.3) is 5.91 Å². The fourth-order valence-electron chi connectivity index (χ4n) is 2.41. The lowest BCUT2D eigenvalue weighted by atomic mass is 10.1. The molecular weight excluding hydrogens is 194 g/mol. The van der Waals surface area contributed by atoms with Crippen LogP contribution in [0.4, 0.5) is 0 Å². The first-order valence-electron chi connectivity index (χ1n) is 5.62. The third kappa shape index (κ3) is 2.04. The van der Waals surface area contributed by atoms with Gasteiger partial charge in [-0.15, -0.1) is 0 Å². The van der Waals surface area contributed by atoms with E-state index in [4.69, 9.17) is 4.74 Å². The molecule has 0 aromatic heterocycles. The van der Waals surface area contributed by atoms with Crippen LogP contribution >= 0.6 is 0 Å². The van der Waals surface area contributed by atoms with Crippen molar-refractivity contribution in [3.8, 4) is 0 Å². The first kappa shape index (κ1) is 10.6. The molecule has 2 aliphatic heterocycles. The van der Waals surface area contributed by atoms with Crippen molar-refractivity contribution in [2.75, 3.05) is 13.2 Å². The van der Waals surface area contributed by atoms with Gasteiger partial charge in [0.2, 0.25) is 0 Å². The summed E-state index contributed by atoms with van der Waals surface area (Å²) in [5.41, 5.74) is 0. The van der Waals surface area contributed by atoms with Crippen LogP contribution in [0.1, 0.15) is 32.6 Å². The molecule has 0 spiro atoms. The molecule has 84 valence electrons. The lowest BCUT2D eigenvalue weighted by molar-refractivity contribution is -0.144. The van der Waals surface area contributed by atoms with Crippen molar-refractivity contribution >= 4 is 11.7 Å². The molecule has 0 radical (unpaired) electrons. The Morgan fingerprint density at radius 3 is 2.67 bits per heavy atom. The number of amides is 1. The van der Waals surface area contributed by atoms with Gasteiger partial charge in [-0.05, 0) is 32.6 Å². The zero-order chi connectivity index (χ0) is 10.8. The van der Waals surface area contributed by atoms with Gasteiger partial charge in [0.05, 0.1) is 6.04 Å². The van der Waals surface area contributed by atoms with Gasteiger partial charge < -0.3 is 9.64 Å². The summed E-state index contributed by atoms with van der Waals surface area (Å²) in [7, 11) is 0. The van der Waals surface area contributed by atoms with Crippen molar-refractivity contribution in [3.63, 3.8) is 0 Å². The second-order valence-electron chi connectivity index (χ2n) is 4.30. The minimum absolute atomic E-state index is 0.0187. The van der Waals surface area contributed by atoms with Crippen LogP contribution in [0.3, 0.4) is 0 Å². The number of nitrogens with zero attached hydrogens (tertiary/aromatic N) is 1. The van der Waals surface area contributed by atoms with Crippen LogP contribution in [0.15, 0.2) is 0 Å². The summed E-state index contributed by atoms with van der Waals surface area (Å²) in [5.74, 6) is 0.115. The Bertz CT molecular complexity index is 271. The molecule has 2 aliphatic rings. The van der Waals surface area contributed by atoms with Crippen LogP contribution in [-0.4, -0.2) is 41.9 Å². The number of ketones is 1. The highest BCUT2D eigenvalue weighted by atomic mass is 16.5. The number of likely N-dealkylation sites (tertiary alicyclic amines) is 1. The zero-order valence-corrected chi connectivity index (χ0v) is 9.07. The largest absolute Gasteiger partial charge is 0.368 e. The van der Waals surface area contributed by atoms with E-state index < -0.39 is 0 Å². The number of ether oxygens (including phenoxy) is 1. The van der Waals surface area contributed by atoms with E-state index in [-0.39, 0.29) is 23.8 Å². The second kappa shape index (κ2) is 4.31. The normalized spacial score (nSPS) is 30.9. The summed E-state index contributed by atoms with van der Waals surface area (Å²) in [6, 6.07) is -0.193. The van der Waals surface area contributed by atoms with Crippen LogP contribution in [0, 0.1) is 0 Å². The third-order valence-corrected chi connectivity index (χ3v) is 3.21. The van der Waals surface area contributed by atoms with Crippen LogP contribution in [0.5, 0.6) is 0 Å². The number of carbonyl (C=O) groups is 2. The molecule has 0 N–H and O–H groups in total. The van der Waals surface area contributed by atoms with Gasteiger partial charge in [0, 0.05) is 13.2 Å². The molecule has 4 heteroatoms. The quantitative estimate of drug-likeness (QED) is 0.677. The summed E-state index contributed by atoms with van der Waals surface area (Å²) in [5, 5.41) is 0. The van der Waals surface area contributed by atoms with Gasteiger partial charge >= 0.3 is 0 Å². The molecule has 4 nitrogen and oxygen atoms in total. The molecule has 0 bridgehead atoms. The molecule has 2 heterocycles. The van der Waals surface area contributed by atoms with Gasteiger partial charge in [-0.2, -0.15) is 0 Å². The molecule has 0 aromatic rings.